The summed E-state index contributed by atoms with van der Waals surface area (Å²) in [5, 5.41) is 18.5. The summed E-state index contributed by atoms with van der Waals surface area (Å²) < 4.78 is 4.07. The van der Waals surface area contributed by atoms with Crippen molar-refractivity contribution in [3.8, 4) is 12.1 Å². The van der Waals surface area contributed by atoms with E-state index in [4.69, 9.17) is 0 Å². The predicted octanol–water partition coefficient (Wildman–Crippen LogP) is 5.25. The molecule has 1 aliphatic heterocycles. The van der Waals surface area contributed by atoms with E-state index in [9.17, 15) is 10.5 Å². The highest BCUT2D eigenvalue weighted by Gasteiger charge is 2.32. The van der Waals surface area contributed by atoms with Crippen LogP contribution in [-0.4, -0.2) is 23.9 Å². The lowest BCUT2D eigenvalue weighted by Crippen LogP contribution is -2.24. The van der Waals surface area contributed by atoms with Gasteiger partial charge in [-0.05, 0) is 26.0 Å². The molecule has 0 spiro atoms. The summed E-state index contributed by atoms with van der Waals surface area (Å²) in [6.07, 6.45) is 0. The minimum Gasteiger partial charge on any atom is -0.327 e. The van der Waals surface area contributed by atoms with Crippen LogP contribution in [0.4, 0.5) is 0 Å². The van der Waals surface area contributed by atoms with Crippen LogP contribution < -0.4 is 9.06 Å². The van der Waals surface area contributed by atoms with Crippen molar-refractivity contribution in [1.29, 1.82) is 10.5 Å². The molecule has 0 N–H and O–H groups in total. The van der Waals surface area contributed by atoms with E-state index < -0.39 is 0 Å². The molecule has 3 heterocycles. The van der Waals surface area contributed by atoms with Crippen LogP contribution in [0.2, 0.25) is 0 Å². The van der Waals surface area contributed by atoms with E-state index in [2.05, 4.69) is 92.3 Å². The SMILES string of the molecule is Cc1ccc(C2=C(c3ccc(C)cc3)N(C)C(=c3cc4sc(=C(C#N)C#N)cc4s3)N2C)cc1. The molecule has 0 atom stereocenters. The number of hydrogen-bond donors (Lipinski definition) is 0. The third-order valence-corrected chi connectivity index (χ3v) is 8.38. The van der Waals surface area contributed by atoms with Crippen molar-refractivity contribution in [2.75, 3.05) is 14.1 Å². The van der Waals surface area contributed by atoms with E-state index in [0.29, 0.717) is 0 Å². The van der Waals surface area contributed by atoms with Crippen LogP contribution >= 0.6 is 22.7 Å². The fourth-order valence-corrected chi connectivity index (χ4v) is 6.83. The average molecular weight is 479 g/mol. The fourth-order valence-electron chi connectivity index (χ4n) is 4.37. The number of rotatable bonds is 2. The van der Waals surface area contributed by atoms with Gasteiger partial charge in [0.25, 0.3) is 0 Å². The molecule has 0 bridgehead atoms. The summed E-state index contributed by atoms with van der Waals surface area (Å²) in [4.78, 5) is 4.55. The lowest BCUT2D eigenvalue weighted by Gasteiger charge is -2.21. The second-order valence-electron chi connectivity index (χ2n) is 8.42. The van der Waals surface area contributed by atoms with Crippen molar-refractivity contribution in [3.05, 3.63) is 92.0 Å². The fraction of sp³-hybridized carbons (Fsp3) is 0.143. The van der Waals surface area contributed by atoms with Crippen LogP contribution in [-0.2, 0) is 0 Å². The van der Waals surface area contributed by atoms with Gasteiger partial charge in [0.15, 0.2) is 0 Å². The van der Waals surface area contributed by atoms with Gasteiger partial charge in [-0.2, -0.15) is 10.5 Å². The third kappa shape index (κ3) is 3.58. The Bertz CT molecular complexity index is 1540. The molecule has 0 fully saturated rings. The third-order valence-electron chi connectivity index (χ3n) is 6.08. The summed E-state index contributed by atoms with van der Waals surface area (Å²) in [6, 6.07) is 25.5. The Balaban J connectivity index is 1.73. The predicted molar refractivity (Wildman–Crippen MR) is 142 cm³/mol. The first-order valence-electron chi connectivity index (χ1n) is 10.8. The van der Waals surface area contributed by atoms with Crippen LogP contribution in [0.25, 0.3) is 32.2 Å². The van der Waals surface area contributed by atoms with Gasteiger partial charge in [-0.25, -0.2) is 0 Å². The van der Waals surface area contributed by atoms with Crippen LogP contribution in [0.15, 0.2) is 60.7 Å². The number of aryl methyl sites for hydroxylation is 2. The molecule has 0 aliphatic carbocycles. The summed E-state index contributed by atoms with van der Waals surface area (Å²) >= 11 is 3.19. The lowest BCUT2D eigenvalue weighted by atomic mass is 10.0. The van der Waals surface area contributed by atoms with Gasteiger partial charge >= 0.3 is 0 Å². The van der Waals surface area contributed by atoms with Crippen LogP contribution in [0.3, 0.4) is 0 Å². The van der Waals surface area contributed by atoms with Gasteiger partial charge in [0, 0.05) is 34.6 Å². The van der Waals surface area contributed by atoms with Crippen molar-refractivity contribution in [2.45, 2.75) is 13.8 Å². The highest BCUT2D eigenvalue weighted by atomic mass is 32.1. The summed E-state index contributed by atoms with van der Waals surface area (Å²) in [6.45, 7) is 4.21. The molecule has 166 valence electrons. The lowest BCUT2D eigenvalue weighted by molar-refractivity contribution is 0.566. The number of nitriles is 2. The molecule has 0 saturated carbocycles. The number of hydrogen-bond acceptors (Lipinski definition) is 6. The Morgan fingerprint density at radius 3 is 1.62 bits per heavy atom. The zero-order valence-electron chi connectivity index (χ0n) is 19.4. The molecule has 6 heteroatoms. The Kier molecular flexibility index (Phi) is 5.49. The molecule has 4 nitrogen and oxygen atoms in total. The maximum absolute atomic E-state index is 9.23. The maximum Gasteiger partial charge on any atom is 0.146 e. The van der Waals surface area contributed by atoms with Crippen LogP contribution in [0.5, 0.6) is 0 Å². The van der Waals surface area contributed by atoms with Crippen LogP contribution in [0, 0.1) is 36.5 Å². The molecular formula is C28H22N4S2. The Morgan fingerprint density at radius 2 is 1.18 bits per heavy atom. The van der Waals surface area contributed by atoms with Crippen molar-refractivity contribution >= 4 is 54.9 Å². The first-order valence-corrected chi connectivity index (χ1v) is 12.5. The smallest absolute Gasteiger partial charge is 0.146 e. The normalized spacial score (nSPS) is 13.5. The zero-order chi connectivity index (χ0) is 24.0. The number of thiophene rings is 2. The summed E-state index contributed by atoms with van der Waals surface area (Å²) in [5.41, 5.74) is 7.33. The maximum atomic E-state index is 9.23. The molecule has 5 rings (SSSR count). The molecule has 4 aromatic rings. The molecule has 0 unspecified atom stereocenters. The quantitative estimate of drug-likeness (QED) is 0.395. The second kappa shape index (κ2) is 8.50. The molecule has 0 amide bonds. The van der Waals surface area contributed by atoms with Gasteiger partial charge in [-0.3, -0.25) is 0 Å². The van der Waals surface area contributed by atoms with Crippen molar-refractivity contribution in [1.82, 2.24) is 9.80 Å². The van der Waals surface area contributed by atoms with Crippen molar-refractivity contribution < 1.29 is 0 Å². The Labute approximate surface area is 206 Å². The molecular weight excluding hydrogens is 456 g/mol. The van der Waals surface area contributed by atoms with Crippen LogP contribution in [0.1, 0.15) is 22.3 Å². The number of nitrogens with zero attached hydrogens (tertiary/aromatic N) is 4. The van der Waals surface area contributed by atoms with E-state index >= 15 is 0 Å². The Morgan fingerprint density at radius 1 is 0.706 bits per heavy atom. The first kappa shape index (κ1) is 22.0. The standard InChI is InChI=1S/C28H22N4S2/c1-17-5-9-19(10-6-17)26-27(20-11-7-18(2)8-12-20)32(4)28(31(26)3)25-14-24-23(34-25)13-22(33-24)21(15-29)16-30/h5-14H,1-4H3. The van der Waals surface area contributed by atoms with E-state index in [0.717, 1.165) is 24.3 Å². The van der Waals surface area contributed by atoms with Gasteiger partial charge in [-0.15, -0.1) is 22.7 Å². The highest BCUT2D eigenvalue weighted by molar-refractivity contribution is 7.25. The first-order chi connectivity index (χ1) is 16.4. The molecule has 1 aliphatic rings. The van der Waals surface area contributed by atoms with E-state index in [1.54, 1.807) is 11.3 Å². The highest BCUT2D eigenvalue weighted by Crippen LogP contribution is 2.42. The molecule has 34 heavy (non-hydrogen) atoms. The topological polar surface area (TPSA) is 54.1 Å². The van der Waals surface area contributed by atoms with Gasteiger partial charge < -0.3 is 9.80 Å². The molecule has 0 radical (unpaired) electrons. The second-order valence-corrected chi connectivity index (χ2v) is 10.6. The van der Waals surface area contributed by atoms with Crippen molar-refractivity contribution in [2.24, 2.45) is 0 Å². The molecule has 0 saturated heterocycles. The Hall–Kier alpha value is -3.84. The summed E-state index contributed by atoms with van der Waals surface area (Å²) in [7, 11) is 4.25. The summed E-state index contributed by atoms with van der Waals surface area (Å²) in [5.74, 6) is 1.12. The van der Waals surface area contributed by atoms with E-state index in [1.807, 2.05) is 18.2 Å². The minimum absolute atomic E-state index is 0.169. The molecule has 2 aromatic carbocycles. The molecule has 2 aromatic heterocycles. The van der Waals surface area contributed by atoms with Gasteiger partial charge in [0.1, 0.15) is 23.5 Å². The average Bonchev–Trinajstić information content (AvgIpc) is 3.46. The monoisotopic (exact) mass is 478 g/mol. The van der Waals surface area contributed by atoms with Gasteiger partial charge in [0.2, 0.25) is 0 Å². The largest absolute Gasteiger partial charge is 0.327 e. The zero-order valence-corrected chi connectivity index (χ0v) is 21.0. The number of fused-ring (bicyclic) bond motifs is 1. The minimum atomic E-state index is 0.169. The number of benzene rings is 2. The van der Waals surface area contributed by atoms with Gasteiger partial charge in [-0.1, -0.05) is 59.7 Å². The van der Waals surface area contributed by atoms with Gasteiger partial charge in [0.05, 0.1) is 20.5 Å². The van der Waals surface area contributed by atoms with E-state index in [1.165, 1.54) is 45.0 Å². The van der Waals surface area contributed by atoms with E-state index in [-0.39, 0.29) is 5.57 Å². The van der Waals surface area contributed by atoms with Crippen molar-refractivity contribution in [3.63, 3.8) is 0 Å².